The van der Waals surface area contributed by atoms with Gasteiger partial charge in [0.05, 0.1) is 24.2 Å². The molecule has 6 nitrogen and oxygen atoms in total. The molecule has 0 fully saturated rings. The highest BCUT2D eigenvalue weighted by molar-refractivity contribution is 8.00. The molecule has 34 heavy (non-hydrogen) atoms. The van der Waals surface area contributed by atoms with Gasteiger partial charge in [-0.25, -0.2) is 0 Å². The van der Waals surface area contributed by atoms with Crippen molar-refractivity contribution in [1.29, 1.82) is 0 Å². The fourth-order valence-electron chi connectivity index (χ4n) is 3.96. The fourth-order valence-corrected chi connectivity index (χ4v) is 5.89. The normalized spacial score (nSPS) is 12.2. The lowest BCUT2D eigenvalue weighted by atomic mass is 10.1. The van der Waals surface area contributed by atoms with Crippen molar-refractivity contribution in [3.05, 3.63) is 84.2 Å². The maximum Gasteiger partial charge on any atom is 0.242 e. The van der Waals surface area contributed by atoms with Gasteiger partial charge in [0.25, 0.3) is 0 Å². The molecule has 4 aromatic rings. The van der Waals surface area contributed by atoms with Crippen molar-refractivity contribution in [2.45, 2.75) is 34.8 Å². The van der Waals surface area contributed by atoms with Crippen LogP contribution in [0.3, 0.4) is 0 Å². The Bertz CT molecular complexity index is 1280. The Hall–Kier alpha value is -3.23. The van der Waals surface area contributed by atoms with Crippen molar-refractivity contribution in [1.82, 2.24) is 14.8 Å². The van der Waals surface area contributed by atoms with Crippen molar-refractivity contribution >= 4 is 40.8 Å². The van der Waals surface area contributed by atoms with E-state index in [1.807, 2.05) is 65.6 Å². The number of carbonyl (C=O) groups is 1. The SMILES string of the molecule is CCn1c(Cc2ccc(OC)cc2)nnc1SCC(=O)N1c2ccccc2Sc2ccccc21. The minimum absolute atomic E-state index is 0.0209. The molecule has 1 amide bonds. The number of para-hydroxylation sites is 2. The molecule has 1 aliphatic rings. The summed E-state index contributed by atoms with van der Waals surface area (Å²) < 4.78 is 7.32. The zero-order chi connectivity index (χ0) is 23.5. The fraction of sp³-hybridized carbons (Fsp3) is 0.192. The molecule has 0 aliphatic carbocycles. The van der Waals surface area contributed by atoms with Crippen LogP contribution in [-0.2, 0) is 17.8 Å². The van der Waals surface area contributed by atoms with Gasteiger partial charge in [-0.3, -0.25) is 9.69 Å². The second-order valence-corrected chi connectivity index (χ2v) is 9.75. The van der Waals surface area contributed by atoms with E-state index in [2.05, 4.69) is 33.8 Å². The maximum atomic E-state index is 13.5. The van der Waals surface area contributed by atoms with Crippen LogP contribution in [0.25, 0.3) is 0 Å². The van der Waals surface area contributed by atoms with Gasteiger partial charge in [-0.1, -0.05) is 59.9 Å². The summed E-state index contributed by atoms with van der Waals surface area (Å²) in [6.45, 7) is 2.81. The van der Waals surface area contributed by atoms with Crippen LogP contribution in [0.5, 0.6) is 5.75 Å². The smallest absolute Gasteiger partial charge is 0.242 e. The monoisotopic (exact) mass is 488 g/mol. The molecule has 0 N–H and O–H groups in total. The maximum absolute atomic E-state index is 13.5. The summed E-state index contributed by atoms with van der Waals surface area (Å²) >= 11 is 3.13. The van der Waals surface area contributed by atoms with Gasteiger partial charge >= 0.3 is 0 Å². The van der Waals surface area contributed by atoms with Crippen LogP contribution in [-0.4, -0.2) is 33.5 Å². The highest BCUT2D eigenvalue weighted by atomic mass is 32.2. The number of rotatable bonds is 7. The average Bonchev–Trinajstić information content (AvgIpc) is 3.27. The lowest BCUT2D eigenvalue weighted by molar-refractivity contribution is -0.115. The van der Waals surface area contributed by atoms with Gasteiger partial charge in [0.1, 0.15) is 11.6 Å². The molecule has 0 spiro atoms. The molecule has 0 saturated carbocycles. The topological polar surface area (TPSA) is 60.2 Å². The van der Waals surface area contributed by atoms with Crippen LogP contribution < -0.4 is 9.64 Å². The predicted octanol–water partition coefficient (Wildman–Crippen LogP) is 5.82. The molecule has 3 aromatic carbocycles. The number of hydrogen-bond acceptors (Lipinski definition) is 6. The minimum Gasteiger partial charge on any atom is -0.497 e. The van der Waals surface area contributed by atoms with E-state index in [-0.39, 0.29) is 11.7 Å². The van der Waals surface area contributed by atoms with Crippen LogP contribution in [0.1, 0.15) is 18.3 Å². The first-order chi connectivity index (χ1) is 16.7. The van der Waals surface area contributed by atoms with E-state index in [0.717, 1.165) is 50.0 Å². The number of anilines is 2. The number of methoxy groups -OCH3 is 1. The highest BCUT2D eigenvalue weighted by Crippen LogP contribution is 2.48. The predicted molar refractivity (Wildman–Crippen MR) is 136 cm³/mol. The molecular formula is C26H24N4O2S2. The first-order valence-corrected chi connectivity index (χ1v) is 12.8. The quantitative estimate of drug-likeness (QED) is 0.306. The number of ether oxygens (including phenoxy) is 1. The number of nitrogens with zero attached hydrogens (tertiary/aromatic N) is 4. The Morgan fingerprint density at radius 1 is 0.941 bits per heavy atom. The van der Waals surface area contributed by atoms with Crippen molar-refractivity contribution in [3.8, 4) is 5.75 Å². The second kappa shape index (κ2) is 9.95. The second-order valence-electron chi connectivity index (χ2n) is 7.72. The van der Waals surface area contributed by atoms with Gasteiger partial charge in [-0.15, -0.1) is 10.2 Å². The summed E-state index contributed by atoms with van der Waals surface area (Å²) in [5, 5.41) is 9.58. The summed E-state index contributed by atoms with van der Waals surface area (Å²) in [4.78, 5) is 17.5. The van der Waals surface area contributed by atoms with Gasteiger partial charge in [-0.2, -0.15) is 0 Å². The van der Waals surface area contributed by atoms with Gasteiger partial charge in [0.2, 0.25) is 5.91 Å². The van der Waals surface area contributed by atoms with Crippen LogP contribution >= 0.6 is 23.5 Å². The van der Waals surface area contributed by atoms with E-state index in [1.165, 1.54) is 11.8 Å². The van der Waals surface area contributed by atoms with E-state index in [4.69, 9.17) is 4.74 Å². The third kappa shape index (κ3) is 4.43. The van der Waals surface area contributed by atoms with Crippen molar-refractivity contribution in [2.24, 2.45) is 0 Å². The number of hydrogen-bond donors (Lipinski definition) is 0. The van der Waals surface area contributed by atoms with Gasteiger partial charge < -0.3 is 9.30 Å². The Balaban J connectivity index is 1.34. The van der Waals surface area contributed by atoms with E-state index >= 15 is 0 Å². The number of amides is 1. The molecular weight excluding hydrogens is 464 g/mol. The summed E-state index contributed by atoms with van der Waals surface area (Å²) in [6.07, 6.45) is 0.670. The molecule has 0 saturated heterocycles. The Morgan fingerprint density at radius 2 is 1.59 bits per heavy atom. The highest BCUT2D eigenvalue weighted by Gasteiger charge is 2.28. The van der Waals surface area contributed by atoms with Crippen molar-refractivity contribution in [3.63, 3.8) is 0 Å². The Kier molecular flexibility index (Phi) is 6.60. The first-order valence-electron chi connectivity index (χ1n) is 11.0. The molecule has 2 heterocycles. The summed E-state index contributed by atoms with van der Waals surface area (Å²) in [6, 6.07) is 24.0. The van der Waals surface area contributed by atoms with Gasteiger partial charge in [-0.05, 0) is 48.9 Å². The largest absolute Gasteiger partial charge is 0.497 e. The summed E-state index contributed by atoms with van der Waals surface area (Å²) in [5.41, 5.74) is 2.98. The molecule has 172 valence electrons. The average molecular weight is 489 g/mol. The number of thioether (sulfide) groups is 1. The third-order valence-corrected chi connectivity index (χ3v) is 7.72. The molecule has 1 aliphatic heterocycles. The summed E-state index contributed by atoms with van der Waals surface area (Å²) in [7, 11) is 1.66. The summed E-state index contributed by atoms with van der Waals surface area (Å²) in [5.74, 6) is 2.00. The van der Waals surface area contributed by atoms with E-state index in [0.29, 0.717) is 6.42 Å². The third-order valence-electron chi connectivity index (χ3n) is 5.64. The van der Waals surface area contributed by atoms with Gasteiger partial charge in [0, 0.05) is 22.8 Å². The molecule has 8 heteroatoms. The standard InChI is InChI=1S/C26H24N4O2S2/c1-3-29-24(16-18-12-14-19(32-2)15-13-18)27-28-26(29)33-17-25(31)30-20-8-4-6-10-22(20)34-23-11-7-5-9-21(23)30/h4-15H,3,16-17H2,1-2H3. The zero-order valence-corrected chi connectivity index (χ0v) is 20.6. The molecule has 5 rings (SSSR count). The molecule has 0 atom stereocenters. The van der Waals surface area contributed by atoms with Gasteiger partial charge in [0.15, 0.2) is 5.16 Å². The lowest BCUT2D eigenvalue weighted by Crippen LogP contribution is -2.30. The van der Waals surface area contributed by atoms with Crippen molar-refractivity contribution in [2.75, 3.05) is 17.8 Å². The minimum atomic E-state index is 0.0209. The first kappa shape index (κ1) is 22.6. The van der Waals surface area contributed by atoms with E-state index in [1.54, 1.807) is 18.9 Å². The zero-order valence-electron chi connectivity index (χ0n) is 19.0. The number of aromatic nitrogens is 3. The number of carbonyl (C=O) groups excluding carboxylic acids is 1. The van der Waals surface area contributed by atoms with E-state index in [9.17, 15) is 4.79 Å². The Labute approximate surface area is 207 Å². The van der Waals surface area contributed by atoms with E-state index < -0.39 is 0 Å². The lowest BCUT2D eigenvalue weighted by Gasteiger charge is -2.30. The number of benzene rings is 3. The molecule has 0 bridgehead atoms. The van der Waals surface area contributed by atoms with Crippen molar-refractivity contribution < 1.29 is 9.53 Å². The molecule has 0 radical (unpaired) electrons. The van der Waals surface area contributed by atoms with Crippen LogP contribution in [0.2, 0.25) is 0 Å². The Morgan fingerprint density at radius 3 is 2.21 bits per heavy atom. The molecule has 0 unspecified atom stereocenters. The number of fused-ring (bicyclic) bond motifs is 2. The molecule has 1 aromatic heterocycles. The van der Waals surface area contributed by atoms with Crippen LogP contribution in [0.15, 0.2) is 87.7 Å². The van der Waals surface area contributed by atoms with Crippen LogP contribution in [0, 0.1) is 0 Å². The van der Waals surface area contributed by atoms with Crippen LogP contribution in [0.4, 0.5) is 11.4 Å².